The fourth-order valence-electron chi connectivity index (χ4n) is 3.27. The Bertz CT molecular complexity index is 320. The third kappa shape index (κ3) is 4.94. The fraction of sp³-hybridized carbons (Fsp3) is 0.938. The van der Waals surface area contributed by atoms with Crippen LogP contribution in [0.3, 0.4) is 0 Å². The van der Waals surface area contributed by atoms with Gasteiger partial charge in [0.2, 0.25) is 5.91 Å². The van der Waals surface area contributed by atoms with Crippen LogP contribution in [0, 0.1) is 0 Å². The molecule has 0 aromatic rings. The van der Waals surface area contributed by atoms with E-state index < -0.39 is 5.54 Å². The van der Waals surface area contributed by atoms with Crippen LogP contribution in [0.15, 0.2) is 0 Å². The number of carbonyl (C=O) groups is 1. The zero-order chi connectivity index (χ0) is 15.1. The summed E-state index contributed by atoms with van der Waals surface area (Å²) in [6.07, 6.45) is 5.11. The zero-order valence-corrected chi connectivity index (χ0v) is 13.8. The Balaban J connectivity index is 1.65. The lowest BCUT2D eigenvalue weighted by molar-refractivity contribution is -0.132. The molecule has 0 spiro atoms. The van der Waals surface area contributed by atoms with Gasteiger partial charge in [-0.2, -0.15) is 0 Å². The molecule has 0 aromatic heterocycles. The summed E-state index contributed by atoms with van der Waals surface area (Å²) in [7, 11) is 0. The summed E-state index contributed by atoms with van der Waals surface area (Å²) in [6.45, 7) is 12.3. The Morgan fingerprint density at radius 2 is 1.76 bits per heavy atom. The molecule has 0 aliphatic carbocycles. The molecule has 0 atom stereocenters. The van der Waals surface area contributed by atoms with Crippen molar-refractivity contribution in [3.63, 3.8) is 0 Å². The highest BCUT2D eigenvalue weighted by molar-refractivity contribution is 5.85. The second-order valence-corrected chi connectivity index (χ2v) is 6.81. The van der Waals surface area contributed by atoms with E-state index in [0.717, 1.165) is 45.7 Å². The topological polar surface area (TPSA) is 47.6 Å². The maximum Gasteiger partial charge on any atom is 0.239 e. The van der Waals surface area contributed by atoms with E-state index in [0.29, 0.717) is 0 Å². The Labute approximate surface area is 129 Å². The summed E-state index contributed by atoms with van der Waals surface area (Å²) in [5.41, 5.74) is -0.396. The maximum atomic E-state index is 12.4. The van der Waals surface area contributed by atoms with Gasteiger partial charge >= 0.3 is 0 Å². The van der Waals surface area contributed by atoms with E-state index in [4.69, 9.17) is 0 Å². The first kappa shape index (κ1) is 16.7. The van der Waals surface area contributed by atoms with Crippen LogP contribution in [0.25, 0.3) is 0 Å². The summed E-state index contributed by atoms with van der Waals surface area (Å²) < 4.78 is 0. The van der Waals surface area contributed by atoms with Crippen molar-refractivity contribution in [2.45, 2.75) is 45.1 Å². The van der Waals surface area contributed by atoms with Gasteiger partial charge in [-0.05, 0) is 52.7 Å². The van der Waals surface area contributed by atoms with Crippen LogP contribution < -0.4 is 10.6 Å². The fourth-order valence-corrected chi connectivity index (χ4v) is 3.27. The number of hydrogen-bond acceptors (Lipinski definition) is 4. The molecule has 0 saturated carbocycles. The van der Waals surface area contributed by atoms with Gasteiger partial charge in [-0.25, -0.2) is 0 Å². The summed E-state index contributed by atoms with van der Waals surface area (Å²) in [5, 5.41) is 6.47. The largest absolute Gasteiger partial charge is 0.354 e. The van der Waals surface area contributed by atoms with Crippen LogP contribution in [0.1, 0.15) is 39.5 Å². The summed E-state index contributed by atoms with van der Waals surface area (Å²) in [5.74, 6) is 0.169. The Morgan fingerprint density at radius 1 is 1.10 bits per heavy atom. The van der Waals surface area contributed by atoms with E-state index in [1.54, 1.807) is 0 Å². The number of amides is 1. The summed E-state index contributed by atoms with van der Waals surface area (Å²) >= 11 is 0. The van der Waals surface area contributed by atoms with Crippen molar-refractivity contribution < 1.29 is 4.79 Å². The number of piperazine rings is 1. The van der Waals surface area contributed by atoms with Crippen molar-refractivity contribution >= 4 is 5.91 Å². The Kier molecular flexibility index (Phi) is 6.45. The van der Waals surface area contributed by atoms with Crippen molar-refractivity contribution in [1.29, 1.82) is 0 Å². The minimum Gasteiger partial charge on any atom is -0.354 e. The first-order valence-corrected chi connectivity index (χ1v) is 8.57. The number of carbonyl (C=O) groups excluding carboxylic acids is 1. The predicted molar refractivity (Wildman–Crippen MR) is 86.4 cm³/mol. The third-order valence-electron chi connectivity index (χ3n) is 4.85. The molecule has 2 saturated heterocycles. The lowest BCUT2D eigenvalue weighted by atomic mass is 10.0. The lowest BCUT2D eigenvalue weighted by Gasteiger charge is -2.39. The molecule has 5 nitrogen and oxygen atoms in total. The first-order valence-electron chi connectivity index (χ1n) is 8.57. The highest BCUT2D eigenvalue weighted by Crippen LogP contribution is 2.15. The lowest BCUT2D eigenvalue weighted by Crippen LogP contribution is -2.60. The normalized spacial score (nSPS) is 22.2. The molecule has 2 fully saturated rings. The minimum absolute atomic E-state index is 0.169. The van der Waals surface area contributed by atoms with E-state index in [9.17, 15) is 4.79 Å². The highest BCUT2D eigenvalue weighted by atomic mass is 16.2. The second-order valence-electron chi connectivity index (χ2n) is 6.81. The molecule has 5 heteroatoms. The standard InChI is InChI=1S/C16H32N4O/c1-16(2,20-13-8-17-9-14-20)15(21)18-7-6-12-19-10-4-3-5-11-19/h17H,3-14H2,1-2H3,(H,18,21). The SMILES string of the molecule is CC(C)(C(=O)NCCCN1CCCCC1)N1CCNCC1. The van der Waals surface area contributed by atoms with Crippen molar-refractivity contribution in [1.82, 2.24) is 20.4 Å². The van der Waals surface area contributed by atoms with E-state index in [1.165, 1.54) is 32.4 Å². The van der Waals surface area contributed by atoms with Crippen molar-refractivity contribution in [3.8, 4) is 0 Å². The number of nitrogens with one attached hydrogen (secondary N) is 2. The molecule has 2 aliphatic rings. The number of nitrogens with zero attached hydrogens (tertiary/aromatic N) is 2. The zero-order valence-electron chi connectivity index (χ0n) is 13.8. The molecule has 21 heavy (non-hydrogen) atoms. The summed E-state index contributed by atoms with van der Waals surface area (Å²) in [4.78, 5) is 17.2. The molecule has 1 amide bonds. The number of rotatable bonds is 6. The number of piperidine rings is 1. The van der Waals surface area contributed by atoms with Gasteiger partial charge in [-0.15, -0.1) is 0 Å². The van der Waals surface area contributed by atoms with Gasteiger partial charge in [0.15, 0.2) is 0 Å². The van der Waals surface area contributed by atoms with E-state index in [2.05, 4.69) is 20.4 Å². The Morgan fingerprint density at radius 3 is 2.43 bits per heavy atom. The van der Waals surface area contributed by atoms with Gasteiger partial charge in [-0.1, -0.05) is 6.42 Å². The average molecular weight is 296 g/mol. The first-order chi connectivity index (χ1) is 10.1. The van der Waals surface area contributed by atoms with Crippen LogP contribution in [0.4, 0.5) is 0 Å². The summed E-state index contributed by atoms with van der Waals surface area (Å²) in [6, 6.07) is 0. The van der Waals surface area contributed by atoms with Gasteiger partial charge in [0.1, 0.15) is 0 Å². The smallest absolute Gasteiger partial charge is 0.239 e. The maximum absolute atomic E-state index is 12.4. The third-order valence-corrected chi connectivity index (χ3v) is 4.85. The van der Waals surface area contributed by atoms with Gasteiger partial charge in [0.25, 0.3) is 0 Å². The van der Waals surface area contributed by atoms with Gasteiger partial charge in [-0.3, -0.25) is 9.69 Å². The average Bonchev–Trinajstić information content (AvgIpc) is 2.53. The second kappa shape index (κ2) is 8.11. The van der Waals surface area contributed by atoms with Crippen LogP contribution >= 0.6 is 0 Å². The van der Waals surface area contributed by atoms with E-state index in [1.807, 2.05) is 13.8 Å². The molecular weight excluding hydrogens is 264 g/mol. The van der Waals surface area contributed by atoms with Crippen LogP contribution in [0.2, 0.25) is 0 Å². The molecule has 2 N–H and O–H groups in total. The van der Waals surface area contributed by atoms with Crippen LogP contribution in [-0.4, -0.2) is 73.6 Å². The minimum atomic E-state index is -0.396. The molecule has 2 rings (SSSR count). The molecule has 0 bridgehead atoms. The van der Waals surface area contributed by atoms with E-state index in [-0.39, 0.29) is 5.91 Å². The van der Waals surface area contributed by atoms with Crippen LogP contribution in [-0.2, 0) is 4.79 Å². The monoisotopic (exact) mass is 296 g/mol. The van der Waals surface area contributed by atoms with Crippen molar-refractivity contribution in [2.75, 3.05) is 52.4 Å². The number of hydrogen-bond donors (Lipinski definition) is 2. The number of likely N-dealkylation sites (tertiary alicyclic amines) is 1. The van der Waals surface area contributed by atoms with Crippen LogP contribution in [0.5, 0.6) is 0 Å². The molecule has 0 radical (unpaired) electrons. The predicted octanol–water partition coefficient (Wildman–Crippen LogP) is 0.662. The van der Waals surface area contributed by atoms with Gasteiger partial charge in [0, 0.05) is 32.7 Å². The van der Waals surface area contributed by atoms with Gasteiger partial charge < -0.3 is 15.5 Å². The molecule has 2 heterocycles. The van der Waals surface area contributed by atoms with Gasteiger partial charge in [0.05, 0.1) is 5.54 Å². The quantitative estimate of drug-likeness (QED) is 0.707. The van der Waals surface area contributed by atoms with Crippen molar-refractivity contribution in [3.05, 3.63) is 0 Å². The molecule has 122 valence electrons. The Hall–Kier alpha value is -0.650. The molecular formula is C16H32N4O. The molecule has 2 aliphatic heterocycles. The highest BCUT2D eigenvalue weighted by Gasteiger charge is 2.34. The molecule has 0 aromatic carbocycles. The molecule has 0 unspecified atom stereocenters. The van der Waals surface area contributed by atoms with Crippen molar-refractivity contribution in [2.24, 2.45) is 0 Å². The van der Waals surface area contributed by atoms with E-state index >= 15 is 0 Å².